The number of nitrogens with one attached hydrogen (secondary N) is 4. The highest BCUT2D eigenvalue weighted by atomic mass is 19.4. The number of amides is 2. The van der Waals surface area contributed by atoms with Crippen molar-refractivity contribution in [1.82, 2.24) is 20.9 Å². The normalized spacial score (nSPS) is 15.4. The Morgan fingerprint density at radius 3 is 2.51 bits per heavy atom. The number of aromatic amines is 1. The predicted molar refractivity (Wildman–Crippen MR) is 125 cm³/mol. The molecule has 0 bridgehead atoms. The molecule has 1 aliphatic heterocycles. The van der Waals surface area contributed by atoms with Crippen LogP contribution in [0.3, 0.4) is 0 Å². The Kier molecular flexibility index (Phi) is 7.16. The molecule has 4 N–H and O–H groups in total. The van der Waals surface area contributed by atoms with Crippen LogP contribution in [0.1, 0.15) is 34.3 Å². The fourth-order valence-electron chi connectivity index (χ4n) is 4.40. The molecule has 3 aromatic rings. The monoisotopic (exact) mass is 521 g/mol. The van der Waals surface area contributed by atoms with Gasteiger partial charge >= 0.3 is 6.18 Å². The van der Waals surface area contributed by atoms with Crippen molar-refractivity contribution in [3.63, 3.8) is 0 Å². The van der Waals surface area contributed by atoms with Crippen molar-refractivity contribution in [1.29, 1.82) is 0 Å². The minimum Gasteiger partial charge on any atom is -0.361 e. The van der Waals surface area contributed by atoms with Crippen LogP contribution >= 0.6 is 0 Å². The summed E-state index contributed by atoms with van der Waals surface area (Å²) in [6, 6.07) is 5.92. The Morgan fingerprint density at radius 2 is 1.84 bits per heavy atom. The predicted octanol–water partition coefficient (Wildman–Crippen LogP) is 3.44. The van der Waals surface area contributed by atoms with Crippen LogP contribution in [0.5, 0.6) is 0 Å². The Labute approximate surface area is 207 Å². The number of nitrogens with zero attached hydrogens (tertiary/aromatic N) is 1. The minimum atomic E-state index is -4.91. The van der Waals surface area contributed by atoms with Gasteiger partial charge in [-0.3, -0.25) is 19.7 Å². The number of hydrogen-bond acceptors (Lipinski definition) is 5. The van der Waals surface area contributed by atoms with Crippen LogP contribution in [-0.2, 0) is 17.4 Å². The minimum absolute atomic E-state index is 0.155. The third-order valence-electron chi connectivity index (χ3n) is 6.37. The molecule has 1 fully saturated rings. The van der Waals surface area contributed by atoms with Crippen LogP contribution in [0.25, 0.3) is 10.9 Å². The average molecular weight is 521 g/mol. The fourth-order valence-corrected chi connectivity index (χ4v) is 4.40. The van der Waals surface area contributed by atoms with E-state index in [1.807, 2.05) is 0 Å². The van der Waals surface area contributed by atoms with Crippen LogP contribution in [0.4, 0.5) is 23.2 Å². The molecule has 2 aromatic carbocycles. The highest BCUT2D eigenvalue weighted by Gasteiger charge is 2.41. The van der Waals surface area contributed by atoms with Crippen molar-refractivity contribution in [2.24, 2.45) is 0 Å². The fraction of sp³-hybridized carbons (Fsp3) is 0.333. The van der Waals surface area contributed by atoms with Crippen LogP contribution < -0.4 is 16.0 Å². The first-order chi connectivity index (χ1) is 17.5. The maximum Gasteiger partial charge on any atom is 0.416 e. The lowest BCUT2D eigenvalue weighted by molar-refractivity contribution is -0.385. The summed E-state index contributed by atoms with van der Waals surface area (Å²) < 4.78 is 53.4. The number of fused-ring (bicyclic) bond motifs is 1. The SMILES string of the molecule is O=C(NC1(C(=O)NCCc2c[nH]c3ccc(F)cc23)CCNCC1)c1cc([N+](=O)[O-])cc(C(F)(F)F)c1. The van der Waals surface area contributed by atoms with Crippen molar-refractivity contribution in [3.8, 4) is 0 Å². The van der Waals surface area contributed by atoms with Gasteiger partial charge in [0.05, 0.1) is 10.5 Å². The molecule has 196 valence electrons. The Bertz CT molecular complexity index is 1350. The van der Waals surface area contributed by atoms with Crippen LogP contribution in [0, 0.1) is 15.9 Å². The number of carbonyl (C=O) groups excluding carboxylic acids is 2. The molecule has 0 aliphatic carbocycles. The first-order valence-electron chi connectivity index (χ1n) is 11.4. The van der Waals surface area contributed by atoms with Gasteiger partial charge in [-0.25, -0.2) is 4.39 Å². The molecule has 4 rings (SSSR count). The van der Waals surface area contributed by atoms with Crippen molar-refractivity contribution in [2.45, 2.75) is 31.0 Å². The summed E-state index contributed by atoms with van der Waals surface area (Å²) in [5.74, 6) is -1.96. The van der Waals surface area contributed by atoms with E-state index in [-0.39, 0.29) is 19.4 Å². The zero-order valence-corrected chi connectivity index (χ0v) is 19.4. The van der Waals surface area contributed by atoms with Crippen LogP contribution in [0.15, 0.2) is 42.6 Å². The summed E-state index contributed by atoms with van der Waals surface area (Å²) in [5, 5.41) is 20.2. The second kappa shape index (κ2) is 10.2. The van der Waals surface area contributed by atoms with E-state index in [2.05, 4.69) is 20.9 Å². The van der Waals surface area contributed by atoms with Gasteiger partial charge in [0.1, 0.15) is 11.4 Å². The molecule has 0 radical (unpaired) electrons. The zero-order chi connectivity index (χ0) is 26.8. The van der Waals surface area contributed by atoms with Gasteiger partial charge in [-0.15, -0.1) is 0 Å². The molecule has 13 heteroatoms. The number of carbonyl (C=O) groups is 2. The van der Waals surface area contributed by atoms with Gasteiger partial charge in [0.25, 0.3) is 11.6 Å². The molecular weight excluding hydrogens is 498 g/mol. The third kappa shape index (κ3) is 5.71. The Morgan fingerprint density at radius 1 is 1.11 bits per heavy atom. The third-order valence-corrected chi connectivity index (χ3v) is 6.37. The van der Waals surface area contributed by atoms with Crippen molar-refractivity contribution >= 4 is 28.4 Å². The van der Waals surface area contributed by atoms with E-state index in [0.29, 0.717) is 37.0 Å². The largest absolute Gasteiger partial charge is 0.416 e. The van der Waals surface area contributed by atoms with Gasteiger partial charge < -0.3 is 20.9 Å². The molecule has 9 nitrogen and oxygen atoms in total. The summed E-state index contributed by atoms with van der Waals surface area (Å²) in [7, 11) is 0. The first kappa shape index (κ1) is 26.1. The van der Waals surface area contributed by atoms with Crippen LogP contribution in [-0.4, -0.2) is 46.9 Å². The number of H-pyrrole nitrogens is 1. The Balaban J connectivity index is 1.51. The van der Waals surface area contributed by atoms with E-state index in [4.69, 9.17) is 0 Å². The maximum atomic E-state index is 13.6. The second-order valence-electron chi connectivity index (χ2n) is 8.82. The van der Waals surface area contributed by atoms with E-state index < -0.39 is 51.1 Å². The van der Waals surface area contributed by atoms with Gasteiger partial charge in [-0.1, -0.05) is 0 Å². The molecule has 0 atom stereocenters. The highest BCUT2D eigenvalue weighted by molar-refractivity contribution is 6.00. The topological polar surface area (TPSA) is 129 Å². The summed E-state index contributed by atoms with van der Waals surface area (Å²) in [6.07, 6.45) is -2.53. The van der Waals surface area contributed by atoms with Gasteiger partial charge in [0, 0.05) is 41.3 Å². The number of nitro groups is 1. The number of hydrogen-bond donors (Lipinski definition) is 4. The number of rotatable bonds is 7. The number of nitro benzene ring substituents is 1. The number of halogens is 4. The van der Waals surface area contributed by atoms with Crippen LogP contribution in [0.2, 0.25) is 0 Å². The van der Waals surface area contributed by atoms with Crippen molar-refractivity contribution in [2.75, 3.05) is 19.6 Å². The summed E-state index contributed by atoms with van der Waals surface area (Å²) >= 11 is 0. The smallest absolute Gasteiger partial charge is 0.361 e. The van der Waals surface area contributed by atoms with E-state index in [9.17, 15) is 37.3 Å². The lowest BCUT2D eigenvalue weighted by atomic mass is 9.86. The standard InChI is InChI=1S/C24H23F4N5O4/c25-17-1-2-20-19(12-17)14(13-31-20)3-6-30-22(35)23(4-7-29-8-5-23)32-21(34)15-9-16(24(26,27)28)11-18(10-15)33(36)37/h1-2,9-13,29,31H,3-8H2,(H,30,35)(H,32,34). The number of alkyl halides is 3. The first-order valence-corrected chi connectivity index (χ1v) is 11.4. The molecule has 0 spiro atoms. The number of benzene rings is 2. The average Bonchev–Trinajstić information content (AvgIpc) is 3.25. The zero-order valence-electron chi connectivity index (χ0n) is 19.4. The lowest BCUT2D eigenvalue weighted by Gasteiger charge is -2.37. The van der Waals surface area contributed by atoms with Gasteiger partial charge in [0.2, 0.25) is 5.91 Å². The molecular formula is C24H23F4N5O4. The molecule has 2 heterocycles. The maximum absolute atomic E-state index is 13.6. The van der Waals surface area contributed by atoms with E-state index in [1.54, 1.807) is 12.3 Å². The van der Waals surface area contributed by atoms with E-state index >= 15 is 0 Å². The van der Waals surface area contributed by atoms with Gasteiger partial charge in [-0.05, 0) is 62.2 Å². The van der Waals surface area contributed by atoms with Crippen molar-refractivity contribution in [3.05, 3.63) is 75.2 Å². The Hall–Kier alpha value is -4.00. The summed E-state index contributed by atoms with van der Waals surface area (Å²) in [5.41, 5.74) is -2.73. The van der Waals surface area contributed by atoms with Gasteiger partial charge in [-0.2, -0.15) is 13.2 Å². The molecule has 37 heavy (non-hydrogen) atoms. The number of aromatic nitrogens is 1. The number of piperidine rings is 1. The molecule has 0 saturated carbocycles. The summed E-state index contributed by atoms with van der Waals surface area (Å²) in [6.45, 7) is 0.874. The molecule has 1 aromatic heterocycles. The second-order valence-corrected chi connectivity index (χ2v) is 8.82. The quantitative estimate of drug-likeness (QED) is 0.215. The molecule has 1 aliphatic rings. The molecule has 0 unspecified atom stereocenters. The van der Waals surface area contributed by atoms with E-state index in [0.717, 1.165) is 17.1 Å². The van der Waals surface area contributed by atoms with E-state index in [1.165, 1.54) is 12.1 Å². The van der Waals surface area contributed by atoms with Crippen molar-refractivity contribution < 1.29 is 32.1 Å². The lowest BCUT2D eigenvalue weighted by Crippen LogP contribution is -2.63. The summed E-state index contributed by atoms with van der Waals surface area (Å²) in [4.78, 5) is 39.3. The number of non-ortho nitro benzene ring substituents is 1. The molecule has 2 amide bonds. The van der Waals surface area contributed by atoms with Gasteiger partial charge in [0.15, 0.2) is 0 Å². The molecule has 1 saturated heterocycles. The highest BCUT2D eigenvalue weighted by Crippen LogP contribution is 2.33.